The van der Waals surface area contributed by atoms with E-state index in [0.717, 1.165) is 10.6 Å². The second-order valence-electron chi connectivity index (χ2n) is 1.97. The largest absolute Gasteiger partial charge is 0.310 e. The molecule has 1 aromatic carbocycles. The Kier molecular flexibility index (Phi) is 1.28. The molecule has 4 heteroatoms. The number of hydrazine groups is 1. The molecule has 0 bridgehead atoms. The summed E-state index contributed by atoms with van der Waals surface area (Å²) in [6, 6.07) is 4.63. The lowest BCUT2D eigenvalue weighted by molar-refractivity contribution is 0.625. The van der Waals surface area contributed by atoms with Crippen LogP contribution in [-0.4, -0.2) is 0 Å². The van der Waals surface area contributed by atoms with Gasteiger partial charge in [-0.3, -0.25) is 0 Å². The lowest BCUT2D eigenvalue weighted by Crippen LogP contribution is -2.04. The zero-order valence-corrected chi connectivity index (χ0v) is 5.83. The zero-order chi connectivity index (χ0) is 6.97. The molecule has 2 nitrogen and oxygen atoms in total. The lowest BCUT2D eigenvalue weighted by atomic mass is 10.3. The maximum atomic E-state index is 12.5. The van der Waals surface area contributed by atoms with Crippen LogP contribution in [0.5, 0.6) is 0 Å². The molecule has 10 heavy (non-hydrogen) atoms. The Morgan fingerprint density at radius 1 is 1.40 bits per heavy atom. The summed E-state index contributed by atoms with van der Waals surface area (Å²) in [6.07, 6.45) is 0. The second-order valence-corrected chi connectivity index (χ2v) is 2.82. The molecule has 0 radical (unpaired) electrons. The van der Waals surface area contributed by atoms with Crippen molar-refractivity contribution in [3.05, 3.63) is 24.0 Å². The first kappa shape index (κ1) is 6.00. The van der Waals surface area contributed by atoms with Gasteiger partial charge < -0.3 is 5.43 Å². The highest BCUT2D eigenvalue weighted by Crippen LogP contribution is 2.30. The Bertz CT molecular complexity index is 264. The van der Waals surface area contributed by atoms with Crippen molar-refractivity contribution in [2.75, 3.05) is 5.43 Å². The van der Waals surface area contributed by atoms with Gasteiger partial charge in [0, 0.05) is 0 Å². The molecule has 0 saturated heterocycles. The van der Waals surface area contributed by atoms with E-state index in [0.29, 0.717) is 0 Å². The van der Waals surface area contributed by atoms with Crippen molar-refractivity contribution >= 4 is 17.6 Å². The minimum absolute atomic E-state index is 0.197. The normalized spacial score (nSPS) is 14.5. The molecule has 1 heterocycles. The van der Waals surface area contributed by atoms with Crippen LogP contribution in [0.1, 0.15) is 0 Å². The van der Waals surface area contributed by atoms with Crippen LogP contribution in [0.3, 0.4) is 0 Å². The lowest BCUT2D eigenvalue weighted by Gasteiger charge is -1.93. The Morgan fingerprint density at radius 2 is 2.30 bits per heavy atom. The van der Waals surface area contributed by atoms with Gasteiger partial charge in [0.2, 0.25) is 0 Å². The maximum Gasteiger partial charge on any atom is 0.124 e. The van der Waals surface area contributed by atoms with Crippen LogP contribution in [-0.2, 0) is 0 Å². The smallest absolute Gasteiger partial charge is 0.124 e. The molecule has 0 saturated carbocycles. The molecule has 0 atom stereocenters. The number of fused-ring (bicyclic) bond motifs is 1. The third-order valence-corrected chi connectivity index (χ3v) is 2.05. The summed E-state index contributed by atoms with van der Waals surface area (Å²) in [4.78, 5) is 3.72. The second kappa shape index (κ2) is 2.14. The van der Waals surface area contributed by atoms with E-state index in [9.17, 15) is 4.39 Å². The highest BCUT2D eigenvalue weighted by molar-refractivity contribution is 7.98. The molecule has 2 N–H and O–H groups in total. The van der Waals surface area contributed by atoms with Gasteiger partial charge in [-0.15, -0.1) is 0 Å². The van der Waals surface area contributed by atoms with Crippen molar-refractivity contribution < 1.29 is 4.39 Å². The van der Waals surface area contributed by atoms with Gasteiger partial charge in [-0.2, -0.15) is 4.83 Å². The van der Waals surface area contributed by atoms with Gasteiger partial charge in [0.05, 0.1) is 10.6 Å². The maximum absolute atomic E-state index is 12.5. The summed E-state index contributed by atoms with van der Waals surface area (Å²) in [5, 5.41) is 0. The molecule has 0 amide bonds. The number of nitrogens with one attached hydrogen (secondary N) is 2. The minimum atomic E-state index is -0.197. The summed E-state index contributed by atoms with van der Waals surface area (Å²) in [7, 11) is 0. The summed E-state index contributed by atoms with van der Waals surface area (Å²) < 4.78 is 12.5. The van der Waals surface area contributed by atoms with Crippen molar-refractivity contribution in [3.63, 3.8) is 0 Å². The fraction of sp³-hybridized carbons (Fsp3) is 0. The van der Waals surface area contributed by atoms with Crippen LogP contribution in [0.15, 0.2) is 23.1 Å². The monoisotopic (exact) mass is 156 g/mol. The van der Waals surface area contributed by atoms with Crippen LogP contribution < -0.4 is 10.3 Å². The molecular weight excluding hydrogens is 151 g/mol. The highest BCUT2D eigenvalue weighted by atomic mass is 32.2. The molecule has 52 valence electrons. The van der Waals surface area contributed by atoms with Gasteiger partial charge in [-0.25, -0.2) is 4.39 Å². The first-order chi connectivity index (χ1) is 4.86. The predicted molar refractivity (Wildman–Crippen MR) is 39.0 cm³/mol. The SMILES string of the molecule is Fc1ccc2c(c1)SNN2. The Balaban J connectivity index is 2.52. The predicted octanol–water partition coefficient (Wildman–Crippen LogP) is 1.76. The molecule has 0 aromatic heterocycles. The number of rotatable bonds is 0. The van der Waals surface area contributed by atoms with E-state index in [2.05, 4.69) is 10.3 Å². The number of hydrogen-bond acceptors (Lipinski definition) is 3. The van der Waals surface area contributed by atoms with Gasteiger partial charge in [-0.05, 0) is 30.1 Å². The summed E-state index contributed by atoms with van der Waals surface area (Å²) in [5.74, 6) is -0.197. The van der Waals surface area contributed by atoms with Gasteiger partial charge in [0.25, 0.3) is 0 Å². The topological polar surface area (TPSA) is 24.1 Å². The molecule has 0 fully saturated rings. The van der Waals surface area contributed by atoms with E-state index in [-0.39, 0.29) is 5.82 Å². The number of benzene rings is 1. The van der Waals surface area contributed by atoms with Gasteiger partial charge in [0.1, 0.15) is 5.82 Å². The Labute approximate surface area is 61.9 Å². The average molecular weight is 156 g/mol. The van der Waals surface area contributed by atoms with Crippen molar-refractivity contribution in [2.45, 2.75) is 4.90 Å². The fourth-order valence-corrected chi connectivity index (χ4v) is 1.49. The Hall–Kier alpha value is -0.740. The van der Waals surface area contributed by atoms with Gasteiger partial charge in [-0.1, -0.05) is 0 Å². The molecule has 1 aliphatic rings. The van der Waals surface area contributed by atoms with Crippen LogP contribution in [0.25, 0.3) is 0 Å². The van der Waals surface area contributed by atoms with Crippen molar-refractivity contribution in [1.29, 1.82) is 0 Å². The van der Waals surface area contributed by atoms with E-state index >= 15 is 0 Å². The number of halogens is 1. The standard InChI is InChI=1S/C6H5FN2S/c7-4-1-2-5-6(3-4)10-9-8-5/h1-3,8-9H. The molecule has 2 rings (SSSR count). The molecule has 0 aliphatic carbocycles. The molecule has 1 aliphatic heterocycles. The highest BCUT2D eigenvalue weighted by Gasteiger charge is 2.09. The third-order valence-electron chi connectivity index (χ3n) is 1.29. The average Bonchev–Trinajstić information content (AvgIpc) is 2.33. The van der Waals surface area contributed by atoms with Crippen molar-refractivity contribution in [3.8, 4) is 0 Å². The summed E-state index contributed by atoms with van der Waals surface area (Å²) in [6.45, 7) is 0. The van der Waals surface area contributed by atoms with Gasteiger partial charge in [0.15, 0.2) is 0 Å². The van der Waals surface area contributed by atoms with Crippen LogP contribution in [0.4, 0.5) is 10.1 Å². The molecule has 1 aromatic rings. The molecular formula is C6H5FN2S. The van der Waals surface area contributed by atoms with Crippen molar-refractivity contribution in [1.82, 2.24) is 4.83 Å². The zero-order valence-electron chi connectivity index (χ0n) is 5.02. The summed E-state index contributed by atoms with van der Waals surface area (Å²) in [5.41, 5.74) is 3.81. The van der Waals surface area contributed by atoms with Crippen molar-refractivity contribution in [2.24, 2.45) is 0 Å². The van der Waals surface area contributed by atoms with E-state index in [4.69, 9.17) is 0 Å². The Morgan fingerprint density at radius 3 is 3.20 bits per heavy atom. The number of anilines is 1. The first-order valence-corrected chi connectivity index (χ1v) is 3.65. The van der Waals surface area contributed by atoms with Crippen LogP contribution >= 0.6 is 11.9 Å². The number of hydrogen-bond donors (Lipinski definition) is 2. The minimum Gasteiger partial charge on any atom is -0.310 e. The van der Waals surface area contributed by atoms with E-state index in [1.165, 1.54) is 24.1 Å². The quantitative estimate of drug-likeness (QED) is 0.560. The van der Waals surface area contributed by atoms with Crippen LogP contribution in [0, 0.1) is 5.82 Å². The third kappa shape index (κ3) is 0.853. The summed E-state index contributed by atoms with van der Waals surface area (Å²) >= 11 is 1.38. The molecule has 0 spiro atoms. The van der Waals surface area contributed by atoms with Gasteiger partial charge >= 0.3 is 0 Å². The first-order valence-electron chi connectivity index (χ1n) is 2.84. The van der Waals surface area contributed by atoms with E-state index in [1.807, 2.05) is 0 Å². The molecule has 0 unspecified atom stereocenters. The van der Waals surface area contributed by atoms with E-state index < -0.39 is 0 Å². The van der Waals surface area contributed by atoms with E-state index in [1.54, 1.807) is 6.07 Å². The van der Waals surface area contributed by atoms with Crippen LogP contribution in [0.2, 0.25) is 0 Å². The fourth-order valence-electron chi connectivity index (χ4n) is 0.819.